The molecule has 1 fully saturated rings. The molecule has 2 rings (SSSR count). The van der Waals surface area contributed by atoms with E-state index >= 15 is 0 Å². The summed E-state index contributed by atoms with van der Waals surface area (Å²) < 4.78 is 25.5. The Labute approximate surface area is 111 Å². The van der Waals surface area contributed by atoms with Crippen molar-refractivity contribution in [2.45, 2.75) is 33.1 Å². The maximum Gasteiger partial charge on any atom is 0.282 e. The fourth-order valence-electron chi connectivity index (χ4n) is 1.76. The number of carbonyl (C=O) groups excluding carboxylic acids is 1. The molecule has 0 aliphatic carbocycles. The zero-order chi connectivity index (χ0) is 14.6. The predicted octanol–water partition coefficient (Wildman–Crippen LogP) is 2.22. The Morgan fingerprint density at radius 3 is 2.42 bits per heavy atom. The Balaban J connectivity index is 0.000000861. The molecule has 106 valence electrons. The van der Waals surface area contributed by atoms with Gasteiger partial charge in [-0.15, -0.1) is 0 Å². The van der Waals surface area contributed by atoms with Gasteiger partial charge in [0.15, 0.2) is 0 Å². The zero-order valence-electron chi connectivity index (χ0n) is 11.4. The van der Waals surface area contributed by atoms with Crippen molar-refractivity contribution in [3.8, 4) is 0 Å². The van der Waals surface area contributed by atoms with Crippen LogP contribution in [-0.4, -0.2) is 29.9 Å². The Kier molecular flexibility index (Phi) is 4.80. The molecule has 0 unspecified atom stereocenters. The van der Waals surface area contributed by atoms with Gasteiger partial charge in [-0.2, -0.15) is 0 Å². The molecular weight excluding hydrogens is 252 g/mol. The minimum absolute atomic E-state index is 0.120. The van der Waals surface area contributed by atoms with Crippen LogP contribution in [0.15, 0.2) is 12.1 Å². The standard InChI is InChI=1S/C11H13F2N3O.C2H6/c1-2-7-3-8(4-9(15-7)10(14)17)16-5-11(12,13)6-16;1-2/h3-4H,2,5-6H2,1H3,(H2,14,17);1-2H3. The lowest BCUT2D eigenvalue weighted by molar-refractivity contribution is -0.0262. The summed E-state index contributed by atoms with van der Waals surface area (Å²) in [6.45, 7) is 5.23. The second kappa shape index (κ2) is 5.95. The first-order valence-electron chi connectivity index (χ1n) is 6.35. The van der Waals surface area contributed by atoms with Gasteiger partial charge in [0.1, 0.15) is 5.69 Å². The average Bonchev–Trinajstić information content (AvgIpc) is 2.37. The van der Waals surface area contributed by atoms with Crippen molar-refractivity contribution in [1.29, 1.82) is 0 Å². The smallest absolute Gasteiger partial charge is 0.282 e. The van der Waals surface area contributed by atoms with E-state index < -0.39 is 11.8 Å². The lowest BCUT2D eigenvalue weighted by Gasteiger charge is -2.40. The molecule has 1 saturated heterocycles. The number of pyridine rings is 1. The van der Waals surface area contributed by atoms with E-state index in [-0.39, 0.29) is 18.8 Å². The molecule has 1 aromatic heterocycles. The second-order valence-corrected chi connectivity index (χ2v) is 4.13. The minimum atomic E-state index is -2.64. The summed E-state index contributed by atoms with van der Waals surface area (Å²) in [4.78, 5) is 16.6. The van der Waals surface area contributed by atoms with Crippen LogP contribution >= 0.6 is 0 Å². The van der Waals surface area contributed by atoms with E-state index in [1.165, 1.54) is 11.0 Å². The van der Waals surface area contributed by atoms with Crippen LogP contribution in [-0.2, 0) is 6.42 Å². The Morgan fingerprint density at radius 1 is 1.42 bits per heavy atom. The van der Waals surface area contributed by atoms with Crippen molar-refractivity contribution in [2.75, 3.05) is 18.0 Å². The molecule has 6 heteroatoms. The van der Waals surface area contributed by atoms with Gasteiger partial charge >= 0.3 is 0 Å². The molecule has 0 saturated carbocycles. The van der Waals surface area contributed by atoms with Gasteiger partial charge < -0.3 is 10.6 Å². The van der Waals surface area contributed by atoms with Gasteiger partial charge in [0.2, 0.25) is 0 Å². The molecule has 1 aromatic rings. The number of amides is 1. The molecular formula is C13H19F2N3O. The molecule has 1 aliphatic heterocycles. The molecule has 0 radical (unpaired) electrons. The lowest BCUT2D eigenvalue weighted by atomic mass is 10.1. The third-order valence-electron chi connectivity index (χ3n) is 2.69. The Hall–Kier alpha value is -1.72. The number of aryl methyl sites for hydroxylation is 1. The molecule has 4 nitrogen and oxygen atoms in total. The Morgan fingerprint density at radius 2 is 2.00 bits per heavy atom. The SMILES string of the molecule is CC.CCc1cc(N2CC(F)(F)C2)cc(C(N)=O)n1. The molecule has 1 amide bonds. The number of halogens is 2. The summed E-state index contributed by atoms with van der Waals surface area (Å²) in [6, 6.07) is 3.17. The molecule has 0 bridgehead atoms. The normalized spacial score (nSPS) is 16.2. The molecule has 19 heavy (non-hydrogen) atoms. The van der Waals surface area contributed by atoms with Crippen LogP contribution in [0.25, 0.3) is 0 Å². The van der Waals surface area contributed by atoms with Crippen molar-refractivity contribution < 1.29 is 13.6 Å². The highest BCUT2D eigenvalue weighted by atomic mass is 19.3. The molecule has 1 aliphatic rings. The third kappa shape index (κ3) is 3.62. The van der Waals surface area contributed by atoms with E-state index in [1.807, 2.05) is 20.8 Å². The van der Waals surface area contributed by atoms with Crippen LogP contribution < -0.4 is 10.6 Å². The van der Waals surface area contributed by atoms with E-state index in [0.717, 1.165) is 0 Å². The summed E-state index contributed by atoms with van der Waals surface area (Å²) in [7, 11) is 0. The average molecular weight is 271 g/mol. The van der Waals surface area contributed by atoms with Crippen LogP contribution in [0, 0.1) is 0 Å². The van der Waals surface area contributed by atoms with E-state index in [9.17, 15) is 13.6 Å². The molecule has 2 N–H and O–H groups in total. The fraction of sp³-hybridized carbons (Fsp3) is 0.538. The number of nitrogens with zero attached hydrogens (tertiary/aromatic N) is 2. The van der Waals surface area contributed by atoms with Crippen molar-refractivity contribution >= 4 is 11.6 Å². The number of hydrogen-bond acceptors (Lipinski definition) is 3. The number of hydrogen-bond donors (Lipinski definition) is 1. The van der Waals surface area contributed by atoms with Gasteiger partial charge in [-0.05, 0) is 18.6 Å². The van der Waals surface area contributed by atoms with Crippen molar-refractivity contribution in [2.24, 2.45) is 5.73 Å². The van der Waals surface area contributed by atoms with Crippen LogP contribution in [0.2, 0.25) is 0 Å². The third-order valence-corrected chi connectivity index (χ3v) is 2.69. The highest BCUT2D eigenvalue weighted by molar-refractivity contribution is 5.91. The molecule has 2 heterocycles. The number of nitrogens with two attached hydrogens (primary N) is 1. The topological polar surface area (TPSA) is 59.2 Å². The lowest BCUT2D eigenvalue weighted by Crippen LogP contribution is -2.56. The summed E-state index contributed by atoms with van der Waals surface area (Å²) >= 11 is 0. The van der Waals surface area contributed by atoms with Crippen molar-refractivity contribution in [3.05, 3.63) is 23.5 Å². The zero-order valence-corrected chi connectivity index (χ0v) is 11.4. The Bertz CT molecular complexity index is 455. The van der Waals surface area contributed by atoms with Crippen LogP contribution in [0.5, 0.6) is 0 Å². The number of aromatic nitrogens is 1. The van der Waals surface area contributed by atoms with Crippen molar-refractivity contribution in [3.63, 3.8) is 0 Å². The van der Waals surface area contributed by atoms with Gasteiger partial charge in [-0.1, -0.05) is 20.8 Å². The monoisotopic (exact) mass is 271 g/mol. The highest BCUT2D eigenvalue weighted by Gasteiger charge is 2.44. The number of rotatable bonds is 3. The second-order valence-electron chi connectivity index (χ2n) is 4.13. The van der Waals surface area contributed by atoms with E-state index in [2.05, 4.69) is 4.98 Å². The minimum Gasteiger partial charge on any atom is -0.364 e. The number of anilines is 1. The first kappa shape index (κ1) is 15.3. The first-order chi connectivity index (χ1) is 8.91. The largest absolute Gasteiger partial charge is 0.364 e. The van der Waals surface area contributed by atoms with Crippen molar-refractivity contribution in [1.82, 2.24) is 4.98 Å². The summed E-state index contributed by atoms with van der Waals surface area (Å²) in [6.07, 6.45) is 0.623. The van der Waals surface area contributed by atoms with E-state index in [0.29, 0.717) is 17.8 Å². The molecule has 0 atom stereocenters. The maximum absolute atomic E-state index is 12.8. The molecule has 0 spiro atoms. The number of alkyl halides is 2. The summed E-state index contributed by atoms with van der Waals surface area (Å²) in [5.41, 5.74) is 6.52. The number of carbonyl (C=O) groups is 1. The maximum atomic E-state index is 12.8. The molecule has 0 aromatic carbocycles. The van der Waals surface area contributed by atoms with Gasteiger partial charge in [0.25, 0.3) is 11.8 Å². The first-order valence-corrected chi connectivity index (χ1v) is 6.35. The van der Waals surface area contributed by atoms with Gasteiger partial charge in [-0.3, -0.25) is 4.79 Å². The summed E-state index contributed by atoms with van der Waals surface area (Å²) in [5.74, 6) is -3.28. The highest BCUT2D eigenvalue weighted by Crippen LogP contribution is 2.32. The van der Waals surface area contributed by atoms with E-state index in [4.69, 9.17) is 5.73 Å². The number of primary amides is 1. The van der Waals surface area contributed by atoms with Gasteiger partial charge in [0.05, 0.1) is 13.1 Å². The van der Waals surface area contributed by atoms with Gasteiger partial charge in [-0.25, -0.2) is 13.8 Å². The van der Waals surface area contributed by atoms with Crippen LogP contribution in [0.3, 0.4) is 0 Å². The summed E-state index contributed by atoms with van der Waals surface area (Å²) in [5, 5.41) is 0. The van der Waals surface area contributed by atoms with E-state index in [1.54, 1.807) is 6.07 Å². The fourth-order valence-corrected chi connectivity index (χ4v) is 1.76. The van der Waals surface area contributed by atoms with Crippen LogP contribution in [0.4, 0.5) is 14.5 Å². The van der Waals surface area contributed by atoms with Crippen LogP contribution in [0.1, 0.15) is 37.0 Å². The van der Waals surface area contributed by atoms with Gasteiger partial charge in [0, 0.05) is 11.4 Å². The quantitative estimate of drug-likeness (QED) is 0.917. The predicted molar refractivity (Wildman–Crippen MR) is 70.6 cm³/mol.